The lowest BCUT2D eigenvalue weighted by molar-refractivity contribution is 0.310. The van der Waals surface area contributed by atoms with Crippen LogP contribution in [0.5, 0.6) is 0 Å². The van der Waals surface area contributed by atoms with Gasteiger partial charge in [-0.1, -0.05) is 178 Å². The lowest BCUT2D eigenvalue weighted by atomic mass is 9.71. The van der Waals surface area contributed by atoms with Gasteiger partial charge in [0.15, 0.2) is 17.5 Å². The predicted molar refractivity (Wildman–Crippen MR) is 248 cm³/mol. The van der Waals surface area contributed by atoms with Gasteiger partial charge in [0.25, 0.3) is 0 Å². The van der Waals surface area contributed by atoms with E-state index in [1.54, 1.807) is 11.1 Å². The van der Waals surface area contributed by atoms with Crippen LogP contribution in [0.25, 0.3) is 73.1 Å². The van der Waals surface area contributed by atoms with Crippen molar-refractivity contribution in [1.82, 2.24) is 15.0 Å². The molecule has 1 aromatic heterocycles. The molecule has 0 saturated heterocycles. The minimum atomic E-state index is -0.101. The molecule has 60 heavy (non-hydrogen) atoms. The standard InChI is InChI=1S/C57H49N3/c1-56(2)49-21-13-11-19-45(49)47-29-27-40(34-51(47)56)42-31-43(41-28-30-48-46-20-12-14-22-50(46)57(3,4)52(48)35-41)33-44(32-42)55-59-53(38-17-9-6-10-18-38)58-54(60-55)39-25-23-37(24-26-39)36-15-7-5-8-16-36/h5-11,13,15-19,21,23-35,48,52H,12,14,20,22H2,1-4H3. The first-order valence-electron chi connectivity index (χ1n) is 21.7. The van der Waals surface area contributed by atoms with E-state index in [-0.39, 0.29) is 10.8 Å². The molecular weight excluding hydrogens is 727 g/mol. The Bertz CT molecular complexity index is 2910. The molecule has 292 valence electrons. The fraction of sp³-hybridized carbons (Fsp3) is 0.211. The van der Waals surface area contributed by atoms with Crippen LogP contribution in [0.1, 0.15) is 70.1 Å². The van der Waals surface area contributed by atoms with Crippen molar-refractivity contribution >= 4 is 5.57 Å². The van der Waals surface area contributed by atoms with Crippen LogP contribution in [0, 0.1) is 17.3 Å². The summed E-state index contributed by atoms with van der Waals surface area (Å²) in [7, 11) is 0. The van der Waals surface area contributed by atoms with Crippen LogP contribution in [0.4, 0.5) is 0 Å². The minimum absolute atomic E-state index is 0.101. The summed E-state index contributed by atoms with van der Waals surface area (Å²) in [5, 5.41) is 0. The second kappa shape index (κ2) is 14.1. The summed E-state index contributed by atoms with van der Waals surface area (Å²) in [6.45, 7) is 9.69. The van der Waals surface area contributed by atoms with Crippen molar-refractivity contribution in [3.05, 3.63) is 192 Å². The highest BCUT2D eigenvalue weighted by Crippen LogP contribution is 2.58. The molecule has 6 aromatic carbocycles. The quantitative estimate of drug-likeness (QED) is 0.158. The summed E-state index contributed by atoms with van der Waals surface area (Å²) in [5.74, 6) is 2.93. The number of hydrogen-bond acceptors (Lipinski definition) is 3. The third-order valence-corrected chi connectivity index (χ3v) is 14.1. The molecule has 0 radical (unpaired) electrons. The summed E-state index contributed by atoms with van der Waals surface area (Å²) in [4.78, 5) is 15.7. The molecule has 0 spiro atoms. The molecule has 0 N–H and O–H groups in total. The molecule has 3 nitrogen and oxygen atoms in total. The van der Waals surface area contributed by atoms with Crippen molar-refractivity contribution < 1.29 is 0 Å². The van der Waals surface area contributed by atoms with Gasteiger partial charge in [-0.3, -0.25) is 0 Å². The van der Waals surface area contributed by atoms with Gasteiger partial charge in [0.1, 0.15) is 0 Å². The number of nitrogens with zero attached hydrogens (tertiary/aromatic N) is 3. The van der Waals surface area contributed by atoms with E-state index in [1.165, 1.54) is 70.2 Å². The maximum absolute atomic E-state index is 5.29. The van der Waals surface area contributed by atoms with Crippen LogP contribution in [-0.4, -0.2) is 15.0 Å². The zero-order valence-corrected chi connectivity index (χ0v) is 34.9. The number of hydrogen-bond donors (Lipinski definition) is 0. The zero-order valence-electron chi connectivity index (χ0n) is 34.9. The maximum Gasteiger partial charge on any atom is 0.164 e. The Balaban J connectivity index is 1.08. The highest BCUT2D eigenvalue weighted by Gasteiger charge is 2.47. The topological polar surface area (TPSA) is 38.7 Å². The van der Waals surface area contributed by atoms with Crippen LogP contribution in [-0.2, 0) is 5.41 Å². The average molecular weight is 776 g/mol. The monoisotopic (exact) mass is 775 g/mol. The largest absolute Gasteiger partial charge is 0.208 e. The molecule has 2 unspecified atom stereocenters. The first-order valence-corrected chi connectivity index (χ1v) is 21.7. The molecule has 7 aromatic rings. The Hall–Kier alpha value is -6.45. The van der Waals surface area contributed by atoms with Gasteiger partial charge in [-0.15, -0.1) is 0 Å². The minimum Gasteiger partial charge on any atom is -0.208 e. The van der Waals surface area contributed by atoms with E-state index in [0.717, 1.165) is 27.8 Å². The summed E-state index contributed by atoms with van der Waals surface area (Å²) < 4.78 is 0. The number of aromatic nitrogens is 3. The molecule has 0 fully saturated rings. The second-order valence-electron chi connectivity index (χ2n) is 18.3. The Morgan fingerprint density at radius 3 is 1.77 bits per heavy atom. The molecule has 2 atom stereocenters. The fourth-order valence-electron chi connectivity index (χ4n) is 10.9. The van der Waals surface area contributed by atoms with E-state index >= 15 is 0 Å². The summed E-state index contributed by atoms with van der Waals surface area (Å²) in [5.41, 5.74) is 18.9. The smallest absolute Gasteiger partial charge is 0.164 e. The third-order valence-electron chi connectivity index (χ3n) is 14.1. The molecule has 1 heterocycles. The second-order valence-corrected chi connectivity index (χ2v) is 18.3. The molecule has 0 amide bonds. The highest BCUT2D eigenvalue weighted by atomic mass is 15.0. The van der Waals surface area contributed by atoms with Crippen molar-refractivity contribution in [1.29, 1.82) is 0 Å². The van der Waals surface area contributed by atoms with E-state index in [1.807, 2.05) is 18.2 Å². The van der Waals surface area contributed by atoms with Crippen molar-refractivity contribution in [2.75, 3.05) is 0 Å². The number of fused-ring (bicyclic) bond motifs is 5. The van der Waals surface area contributed by atoms with E-state index < -0.39 is 0 Å². The lowest BCUT2D eigenvalue weighted by Crippen LogP contribution is -2.24. The Morgan fingerprint density at radius 2 is 1.02 bits per heavy atom. The van der Waals surface area contributed by atoms with E-state index in [4.69, 9.17) is 15.0 Å². The van der Waals surface area contributed by atoms with Gasteiger partial charge in [0.2, 0.25) is 0 Å². The molecule has 0 aliphatic heterocycles. The molecular formula is C57H49N3. The first kappa shape index (κ1) is 36.6. The highest BCUT2D eigenvalue weighted by molar-refractivity contribution is 5.87. The number of benzene rings is 6. The third kappa shape index (κ3) is 6.05. The Morgan fingerprint density at radius 1 is 0.467 bits per heavy atom. The van der Waals surface area contributed by atoms with Crippen molar-refractivity contribution in [3.63, 3.8) is 0 Å². The van der Waals surface area contributed by atoms with Gasteiger partial charge in [-0.25, -0.2) is 15.0 Å². The van der Waals surface area contributed by atoms with Gasteiger partial charge in [0.05, 0.1) is 0 Å². The average Bonchev–Trinajstić information content (AvgIpc) is 3.68. The van der Waals surface area contributed by atoms with Crippen LogP contribution in [0.3, 0.4) is 0 Å². The van der Waals surface area contributed by atoms with Crippen LogP contribution in [0.2, 0.25) is 0 Å². The van der Waals surface area contributed by atoms with Gasteiger partial charge in [-0.05, 0) is 117 Å². The van der Waals surface area contributed by atoms with Crippen LogP contribution >= 0.6 is 0 Å². The fourth-order valence-corrected chi connectivity index (χ4v) is 10.9. The normalized spacial score (nSPS) is 19.3. The number of rotatable bonds is 6. The summed E-state index contributed by atoms with van der Waals surface area (Å²) in [6, 6.07) is 52.3. The Kier molecular flexibility index (Phi) is 8.60. The van der Waals surface area contributed by atoms with Crippen molar-refractivity contribution in [2.24, 2.45) is 17.3 Å². The molecule has 4 aliphatic carbocycles. The van der Waals surface area contributed by atoms with Crippen molar-refractivity contribution in [2.45, 2.75) is 58.8 Å². The maximum atomic E-state index is 5.29. The predicted octanol–water partition coefficient (Wildman–Crippen LogP) is 14.6. The SMILES string of the molecule is CC1(C)c2ccccc2-c2ccc(-c3cc(C4=CC5C(C=C4)C4=C(CCCC4)C5(C)C)cc(-c4nc(-c5ccccc5)nc(-c5ccc(-c6ccccc6)cc5)n4)c3)cc21. The number of allylic oxidation sites excluding steroid dienone is 6. The summed E-state index contributed by atoms with van der Waals surface area (Å²) in [6.07, 6.45) is 12.6. The van der Waals surface area contributed by atoms with Gasteiger partial charge in [0, 0.05) is 28.0 Å². The van der Waals surface area contributed by atoms with Crippen molar-refractivity contribution in [3.8, 4) is 67.5 Å². The zero-order chi connectivity index (χ0) is 40.6. The van der Waals surface area contributed by atoms with E-state index in [2.05, 4.69) is 173 Å². The van der Waals surface area contributed by atoms with Gasteiger partial charge in [-0.2, -0.15) is 0 Å². The molecule has 11 rings (SSSR count). The van der Waals surface area contributed by atoms with E-state index in [9.17, 15) is 0 Å². The Labute approximate surface area is 354 Å². The van der Waals surface area contributed by atoms with Crippen LogP contribution < -0.4 is 0 Å². The molecule has 0 bridgehead atoms. The molecule has 4 aliphatic rings. The van der Waals surface area contributed by atoms with Gasteiger partial charge < -0.3 is 0 Å². The first-order chi connectivity index (χ1) is 29.2. The van der Waals surface area contributed by atoms with Crippen LogP contribution in [0.15, 0.2) is 175 Å². The lowest BCUT2D eigenvalue weighted by Gasteiger charge is -2.33. The molecule has 3 heteroatoms. The molecule has 0 saturated carbocycles. The van der Waals surface area contributed by atoms with Gasteiger partial charge >= 0.3 is 0 Å². The van der Waals surface area contributed by atoms with E-state index in [0.29, 0.717) is 29.3 Å². The summed E-state index contributed by atoms with van der Waals surface area (Å²) >= 11 is 0.